The molecule has 0 saturated carbocycles. The molecule has 0 aromatic heterocycles. The van der Waals surface area contributed by atoms with E-state index in [1.54, 1.807) is 0 Å². The topological polar surface area (TPSA) is 68.9 Å². The van der Waals surface area contributed by atoms with E-state index in [0.717, 1.165) is 49.9 Å². The van der Waals surface area contributed by atoms with Crippen LogP contribution < -0.4 is 0 Å². The SMILES string of the molecule is CC/C=C/C=C(C#N)\C=C(/C)CCC.CCCCCC.C\C=C(C(/C(C)=N/C=C/CC)=C(/C)N1CCN(C(=O)OC(C)(C)C)CC1(C)C)\C(C)CC. The zero-order chi connectivity index (χ0) is 40.3. The van der Waals surface area contributed by atoms with Crippen molar-refractivity contribution in [3.05, 3.63) is 70.6 Å². The third-order valence-electron chi connectivity index (χ3n) is 8.81. The Morgan fingerprint density at radius 2 is 1.56 bits per heavy atom. The fourth-order valence-corrected chi connectivity index (χ4v) is 5.96. The summed E-state index contributed by atoms with van der Waals surface area (Å²) >= 11 is 0. The van der Waals surface area contributed by atoms with Gasteiger partial charge in [-0.2, -0.15) is 5.26 Å². The highest BCUT2D eigenvalue weighted by Gasteiger charge is 2.38. The van der Waals surface area contributed by atoms with Gasteiger partial charge in [-0.25, -0.2) is 4.79 Å². The Hall–Kier alpha value is -3.33. The summed E-state index contributed by atoms with van der Waals surface area (Å²) in [5.74, 6) is 0.441. The molecule has 1 amide bonds. The number of carbonyl (C=O) groups excluding carboxylic acids is 1. The lowest BCUT2D eigenvalue weighted by molar-refractivity contribution is -0.00576. The van der Waals surface area contributed by atoms with Crippen LogP contribution in [-0.4, -0.2) is 52.4 Å². The first-order chi connectivity index (χ1) is 24.4. The molecule has 0 N–H and O–H groups in total. The van der Waals surface area contributed by atoms with Crippen molar-refractivity contribution in [3.63, 3.8) is 0 Å². The second-order valence-corrected chi connectivity index (χ2v) is 15.4. The summed E-state index contributed by atoms with van der Waals surface area (Å²) in [5, 5.41) is 8.85. The second-order valence-electron chi connectivity index (χ2n) is 15.4. The van der Waals surface area contributed by atoms with E-state index in [-0.39, 0.29) is 11.6 Å². The minimum atomic E-state index is -0.488. The molecule has 6 heteroatoms. The molecule has 1 atom stereocenters. The lowest BCUT2D eigenvalue weighted by Crippen LogP contribution is -2.60. The molecule has 1 saturated heterocycles. The van der Waals surface area contributed by atoms with E-state index in [4.69, 9.17) is 15.0 Å². The highest BCUT2D eigenvalue weighted by atomic mass is 16.6. The number of unbranched alkanes of at least 4 members (excludes halogenated alkanes) is 3. The van der Waals surface area contributed by atoms with Crippen molar-refractivity contribution in [2.24, 2.45) is 10.9 Å². The lowest BCUT2D eigenvalue weighted by Gasteiger charge is -2.49. The molecule has 0 radical (unpaired) electrons. The predicted molar refractivity (Wildman–Crippen MR) is 229 cm³/mol. The molecule has 0 aromatic carbocycles. The van der Waals surface area contributed by atoms with Gasteiger partial charge in [0.2, 0.25) is 0 Å². The molecule has 1 aliphatic rings. The van der Waals surface area contributed by atoms with Crippen molar-refractivity contribution < 1.29 is 9.53 Å². The Bertz CT molecular complexity index is 1270. The monoisotopic (exact) mass is 721 g/mol. The maximum absolute atomic E-state index is 12.7. The lowest BCUT2D eigenvalue weighted by atomic mass is 9.86. The Kier molecular flexibility index (Phi) is 27.5. The summed E-state index contributed by atoms with van der Waals surface area (Å²) in [5.41, 5.74) is 6.11. The summed E-state index contributed by atoms with van der Waals surface area (Å²) in [6, 6.07) is 2.18. The molecule has 1 unspecified atom stereocenters. The van der Waals surface area contributed by atoms with E-state index >= 15 is 0 Å². The summed E-state index contributed by atoms with van der Waals surface area (Å²) < 4.78 is 5.63. The fourth-order valence-electron chi connectivity index (χ4n) is 5.96. The highest BCUT2D eigenvalue weighted by molar-refractivity contribution is 6.03. The van der Waals surface area contributed by atoms with E-state index in [1.807, 2.05) is 56.2 Å². The van der Waals surface area contributed by atoms with Gasteiger partial charge < -0.3 is 14.5 Å². The zero-order valence-electron chi connectivity index (χ0n) is 36.7. The third-order valence-corrected chi connectivity index (χ3v) is 8.81. The Labute approximate surface area is 322 Å². The standard InChI is InChI=1S/C27H47N3O2.C13H19N.C6H14/c1-12-15-16-28-21(5)24(23(14-3)20(4)13-2)22(6)30-18-17-29(19-27(30,10)11)25(31)32-26(7,8)9;1-4-6-7-9-13(11-14)10-12(3)8-5-2;1-3-5-6-4-2/h14-16,20H,12-13,17-19H2,1-11H3;6-7,9-10H,4-5,8H2,1-3H3;3-6H2,1-2H3/b16-15+,23-14-,24-22-,28-21+;7-6+,12-10+,13-9+;. The number of aliphatic imine (C=N–C) groups is 1. The van der Waals surface area contributed by atoms with Crippen molar-refractivity contribution in [1.82, 2.24) is 9.80 Å². The van der Waals surface area contributed by atoms with Crippen LogP contribution in [-0.2, 0) is 4.74 Å². The molecule has 52 heavy (non-hydrogen) atoms. The van der Waals surface area contributed by atoms with Gasteiger partial charge in [0.25, 0.3) is 0 Å². The Morgan fingerprint density at radius 1 is 0.962 bits per heavy atom. The molecule has 0 bridgehead atoms. The van der Waals surface area contributed by atoms with Gasteiger partial charge in [0, 0.05) is 42.8 Å². The van der Waals surface area contributed by atoms with Crippen LogP contribution in [0.25, 0.3) is 0 Å². The van der Waals surface area contributed by atoms with E-state index in [9.17, 15) is 4.79 Å². The van der Waals surface area contributed by atoms with Gasteiger partial charge in [-0.1, -0.05) is 110 Å². The number of rotatable bonds is 15. The molecule has 0 spiro atoms. The minimum absolute atomic E-state index is 0.224. The number of amides is 1. The van der Waals surface area contributed by atoms with Crippen molar-refractivity contribution in [3.8, 4) is 6.07 Å². The highest BCUT2D eigenvalue weighted by Crippen LogP contribution is 2.33. The first kappa shape index (κ1) is 50.8. The molecule has 6 nitrogen and oxygen atoms in total. The molecule has 0 aromatic rings. The molecular weight excluding hydrogens is 641 g/mol. The Balaban J connectivity index is 0. The van der Waals surface area contributed by atoms with Crippen LogP contribution in [0.4, 0.5) is 4.79 Å². The van der Waals surface area contributed by atoms with E-state index < -0.39 is 5.60 Å². The van der Waals surface area contributed by atoms with E-state index in [2.05, 4.69) is 113 Å². The maximum atomic E-state index is 12.7. The molecular formula is C46H80N4O2. The molecule has 296 valence electrons. The maximum Gasteiger partial charge on any atom is 0.410 e. The largest absolute Gasteiger partial charge is 0.444 e. The van der Waals surface area contributed by atoms with Gasteiger partial charge >= 0.3 is 6.09 Å². The van der Waals surface area contributed by atoms with Crippen LogP contribution in [0.15, 0.2) is 75.6 Å². The number of allylic oxidation sites excluding steroid dienone is 11. The van der Waals surface area contributed by atoms with Gasteiger partial charge in [0.1, 0.15) is 5.60 Å². The molecule has 0 aliphatic carbocycles. The van der Waals surface area contributed by atoms with Crippen molar-refractivity contribution in [2.75, 3.05) is 19.6 Å². The van der Waals surface area contributed by atoms with Gasteiger partial charge in [0.05, 0.1) is 17.2 Å². The van der Waals surface area contributed by atoms with E-state index in [0.29, 0.717) is 19.0 Å². The van der Waals surface area contributed by atoms with Crippen LogP contribution >= 0.6 is 0 Å². The molecule has 1 heterocycles. The summed E-state index contributed by atoms with van der Waals surface area (Å²) in [7, 11) is 0. The predicted octanol–water partition coefficient (Wildman–Crippen LogP) is 13.7. The van der Waals surface area contributed by atoms with Crippen molar-refractivity contribution in [1.29, 1.82) is 5.26 Å². The van der Waals surface area contributed by atoms with Crippen molar-refractivity contribution >= 4 is 11.8 Å². The van der Waals surface area contributed by atoms with Gasteiger partial charge in [-0.05, 0) is 112 Å². The van der Waals surface area contributed by atoms with Gasteiger partial charge in [0.15, 0.2) is 0 Å². The van der Waals surface area contributed by atoms with Crippen molar-refractivity contribution in [2.45, 2.75) is 180 Å². The van der Waals surface area contributed by atoms with E-state index in [1.165, 1.54) is 48.1 Å². The quantitative estimate of drug-likeness (QED) is 0.0731. The van der Waals surface area contributed by atoms with Crippen LogP contribution in [0.3, 0.4) is 0 Å². The average molecular weight is 721 g/mol. The number of carbonyl (C=O) groups is 1. The zero-order valence-corrected chi connectivity index (χ0v) is 36.7. The van der Waals surface area contributed by atoms with Gasteiger partial charge in [-0.3, -0.25) is 4.99 Å². The second kappa shape index (κ2) is 28.2. The minimum Gasteiger partial charge on any atom is -0.444 e. The van der Waals surface area contributed by atoms with Crippen LogP contribution in [0, 0.1) is 17.2 Å². The fraction of sp³-hybridized carbons (Fsp3) is 0.674. The normalized spacial score (nSPS) is 16.8. The number of piperazine rings is 1. The number of nitrogens with zero attached hydrogens (tertiary/aromatic N) is 4. The van der Waals surface area contributed by atoms with Crippen LogP contribution in [0.1, 0.15) is 169 Å². The smallest absolute Gasteiger partial charge is 0.410 e. The third kappa shape index (κ3) is 21.3. The van der Waals surface area contributed by atoms with Crippen LogP contribution in [0.2, 0.25) is 0 Å². The average Bonchev–Trinajstić information content (AvgIpc) is 3.08. The number of ether oxygens (including phenoxy) is 1. The first-order valence-corrected chi connectivity index (χ1v) is 20.2. The molecule has 1 fully saturated rings. The molecule has 1 aliphatic heterocycles. The van der Waals surface area contributed by atoms with Crippen LogP contribution in [0.5, 0.6) is 0 Å². The van der Waals surface area contributed by atoms with Gasteiger partial charge in [-0.15, -0.1) is 0 Å². The number of hydrogen-bond donors (Lipinski definition) is 0. The summed E-state index contributed by atoms with van der Waals surface area (Å²) in [6.45, 7) is 36.0. The number of nitriles is 1. The first-order valence-electron chi connectivity index (χ1n) is 20.2. The summed E-state index contributed by atoms with van der Waals surface area (Å²) in [4.78, 5) is 21.7. The number of hydrogen-bond acceptors (Lipinski definition) is 5. The Morgan fingerprint density at radius 3 is 2.00 bits per heavy atom. The summed E-state index contributed by atoms with van der Waals surface area (Å²) in [6.07, 6.45) is 24.6. The molecule has 1 rings (SSSR count).